The summed E-state index contributed by atoms with van der Waals surface area (Å²) in [5.74, 6) is 1.51. The van der Waals surface area contributed by atoms with Gasteiger partial charge in [0, 0.05) is 16.3 Å². The molecule has 0 saturated carbocycles. The predicted molar refractivity (Wildman–Crippen MR) is 210 cm³/mol. The van der Waals surface area contributed by atoms with E-state index in [1.807, 2.05) is 18.2 Å². The fraction of sp³-hybridized carbons (Fsp3) is 0.0213. The van der Waals surface area contributed by atoms with Crippen molar-refractivity contribution in [3.63, 3.8) is 0 Å². The van der Waals surface area contributed by atoms with Crippen LogP contribution in [-0.4, -0.2) is 11.7 Å². The number of hydrogen-bond acceptors (Lipinski definition) is 4. The largest absolute Gasteiger partial charge is 0.455 e. The van der Waals surface area contributed by atoms with Gasteiger partial charge < -0.3 is 9.73 Å². The Labute approximate surface area is 294 Å². The van der Waals surface area contributed by atoms with Gasteiger partial charge in [-0.25, -0.2) is 9.98 Å². The number of hydrogen-bond donors (Lipinski definition) is 1. The molecule has 238 valence electrons. The predicted octanol–water partition coefficient (Wildman–Crippen LogP) is 11.7. The second-order valence-electron chi connectivity index (χ2n) is 13.4. The summed E-state index contributed by atoms with van der Waals surface area (Å²) < 4.78 is 6.84. The number of para-hydroxylation sites is 1. The molecule has 0 fully saturated rings. The van der Waals surface area contributed by atoms with Crippen molar-refractivity contribution in [2.24, 2.45) is 9.98 Å². The SMILES string of the molecule is c1ccc(C2=NC(c3ccc(-c4ccc5ccccc5c4)cc3)N=C(c3cccc4c3oc3cc5c6c(cccc6c34)-c3ccccc3-5)N2)cc1. The van der Waals surface area contributed by atoms with Gasteiger partial charge in [0.1, 0.15) is 22.8 Å². The number of nitrogens with zero attached hydrogens (tertiary/aromatic N) is 2. The molecule has 1 aliphatic carbocycles. The zero-order chi connectivity index (χ0) is 33.5. The van der Waals surface area contributed by atoms with Crippen molar-refractivity contribution in [1.82, 2.24) is 5.32 Å². The summed E-state index contributed by atoms with van der Waals surface area (Å²) in [5, 5.41) is 10.8. The molecule has 0 amide bonds. The van der Waals surface area contributed by atoms with Crippen molar-refractivity contribution in [3.05, 3.63) is 180 Å². The molecule has 0 radical (unpaired) electrons. The minimum Gasteiger partial charge on any atom is -0.455 e. The van der Waals surface area contributed by atoms with E-state index in [1.54, 1.807) is 0 Å². The highest BCUT2D eigenvalue weighted by Crippen LogP contribution is 2.50. The minimum atomic E-state index is -0.432. The fourth-order valence-corrected chi connectivity index (χ4v) is 8.04. The van der Waals surface area contributed by atoms with Crippen molar-refractivity contribution in [3.8, 4) is 33.4 Å². The molecule has 0 bridgehead atoms. The summed E-state index contributed by atoms with van der Waals surface area (Å²) in [6.07, 6.45) is -0.432. The monoisotopic (exact) mass is 651 g/mol. The highest BCUT2D eigenvalue weighted by atomic mass is 16.3. The Morgan fingerprint density at radius 2 is 1.10 bits per heavy atom. The van der Waals surface area contributed by atoms with Crippen LogP contribution in [-0.2, 0) is 0 Å². The molecule has 2 aliphatic rings. The first-order valence-electron chi connectivity index (χ1n) is 17.4. The Balaban J connectivity index is 1.05. The summed E-state index contributed by atoms with van der Waals surface area (Å²) in [4.78, 5) is 10.4. The Morgan fingerprint density at radius 3 is 1.94 bits per heavy atom. The van der Waals surface area contributed by atoms with Crippen LogP contribution in [0, 0.1) is 0 Å². The highest BCUT2D eigenvalue weighted by Gasteiger charge is 2.27. The van der Waals surface area contributed by atoms with Gasteiger partial charge in [-0.2, -0.15) is 0 Å². The smallest absolute Gasteiger partial charge is 0.169 e. The lowest BCUT2D eigenvalue weighted by Gasteiger charge is -2.22. The molecule has 2 heterocycles. The van der Waals surface area contributed by atoms with Crippen LogP contribution < -0.4 is 5.32 Å². The molecular formula is C47H29N3O. The van der Waals surface area contributed by atoms with E-state index in [1.165, 1.54) is 49.4 Å². The number of amidine groups is 2. The van der Waals surface area contributed by atoms with E-state index in [9.17, 15) is 0 Å². The van der Waals surface area contributed by atoms with Crippen molar-refractivity contribution in [2.45, 2.75) is 6.17 Å². The van der Waals surface area contributed by atoms with E-state index < -0.39 is 6.17 Å². The highest BCUT2D eigenvalue weighted by molar-refractivity contribution is 6.29. The van der Waals surface area contributed by atoms with E-state index in [-0.39, 0.29) is 0 Å². The van der Waals surface area contributed by atoms with Crippen LogP contribution in [0.2, 0.25) is 0 Å². The van der Waals surface area contributed by atoms with Crippen molar-refractivity contribution >= 4 is 55.2 Å². The van der Waals surface area contributed by atoms with Crippen molar-refractivity contribution in [1.29, 1.82) is 0 Å². The Bertz CT molecular complexity index is 2930. The molecule has 1 aromatic heterocycles. The molecule has 4 nitrogen and oxygen atoms in total. The standard InChI is InChI=1S/C47H29N3O/c1-2-11-30(12-3-1)45-48-46(31-23-20-29(21-24-31)33-25-22-28-10-4-5-13-32(28)26-33)50-47(49-45)39-19-9-18-38-43-37-17-8-16-36-34-14-6-7-15-35(34)40(42(36)37)27-41(43)51-44(38)39/h1-27,46H,(H,48,49,50). The normalized spacial score (nSPS) is 14.9. The number of fused-ring (bicyclic) bond motifs is 8. The Morgan fingerprint density at radius 1 is 0.431 bits per heavy atom. The molecule has 8 aromatic carbocycles. The van der Waals surface area contributed by atoms with Gasteiger partial charge in [0.05, 0.1) is 5.56 Å². The maximum Gasteiger partial charge on any atom is 0.169 e. The van der Waals surface area contributed by atoms with Crippen LogP contribution in [0.1, 0.15) is 22.9 Å². The molecule has 11 rings (SSSR count). The van der Waals surface area contributed by atoms with Gasteiger partial charge in [-0.15, -0.1) is 0 Å². The fourth-order valence-electron chi connectivity index (χ4n) is 8.04. The third-order valence-electron chi connectivity index (χ3n) is 10.5. The third kappa shape index (κ3) is 4.33. The maximum absolute atomic E-state index is 6.84. The van der Waals surface area contributed by atoms with Crippen LogP contribution in [0.15, 0.2) is 178 Å². The van der Waals surface area contributed by atoms with Gasteiger partial charge in [-0.3, -0.25) is 0 Å². The second kappa shape index (κ2) is 10.9. The number of benzene rings is 8. The molecule has 9 aromatic rings. The summed E-state index contributed by atoms with van der Waals surface area (Å²) in [6.45, 7) is 0. The van der Waals surface area contributed by atoms with E-state index in [0.717, 1.165) is 55.9 Å². The lowest BCUT2D eigenvalue weighted by molar-refractivity contribution is 0.667. The van der Waals surface area contributed by atoms with Gasteiger partial charge in [-0.05, 0) is 78.7 Å². The first-order chi connectivity index (χ1) is 25.3. The Kier molecular flexibility index (Phi) is 5.98. The zero-order valence-corrected chi connectivity index (χ0v) is 27.5. The average molecular weight is 652 g/mol. The van der Waals surface area contributed by atoms with Crippen LogP contribution in [0.4, 0.5) is 0 Å². The Hall–Kier alpha value is -6.78. The summed E-state index contributed by atoms with van der Waals surface area (Å²) in [6, 6.07) is 57.9. The molecular weight excluding hydrogens is 623 g/mol. The second-order valence-corrected chi connectivity index (χ2v) is 13.4. The molecule has 0 spiro atoms. The van der Waals surface area contributed by atoms with Crippen molar-refractivity contribution in [2.75, 3.05) is 0 Å². The lowest BCUT2D eigenvalue weighted by atomic mass is 9.97. The van der Waals surface area contributed by atoms with Gasteiger partial charge in [-0.1, -0.05) is 146 Å². The number of aliphatic imine (C=N–C) groups is 2. The molecule has 1 N–H and O–H groups in total. The summed E-state index contributed by atoms with van der Waals surface area (Å²) in [7, 11) is 0. The quantitative estimate of drug-likeness (QED) is 0.206. The minimum absolute atomic E-state index is 0.432. The molecule has 51 heavy (non-hydrogen) atoms. The first-order valence-corrected chi connectivity index (χ1v) is 17.4. The molecule has 1 unspecified atom stereocenters. The average Bonchev–Trinajstić information content (AvgIpc) is 3.75. The lowest BCUT2D eigenvalue weighted by Crippen LogP contribution is -2.36. The number of nitrogens with one attached hydrogen (secondary N) is 1. The van der Waals surface area contributed by atoms with Gasteiger partial charge >= 0.3 is 0 Å². The third-order valence-corrected chi connectivity index (χ3v) is 10.5. The topological polar surface area (TPSA) is 49.9 Å². The summed E-state index contributed by atoms with van der Waals surface area (Å²) >= 11 is 0. The van der Waals surface area contributed by atoms with Gasteiger partial charge in [0.25, 0.3) is 0 Å². The van der Waals surface area contributed by atoms with Crippen LogP contribution in [0.25, 0.3) is 76.9 Å². The molecule has 0 saturated heterocycles. The van der Waals surface area contributed by atoms with Gasteiger partial charge in [0.2, 0.25) is 0 Å². The summed E-state index contributed by atoms with van der Waals surface area (Å²) in [5.41, 5.74) is 12.0. The van der Waals surface area contributed by atoms with Crippen molar-refractivity contribution < 1.29 is 4.42 Å². The molecule has 1 atom stereocenters. The molecule has 4 heteroatoms. The van der Waals surface area contributed by atoms with E-state index in [2.05, 4.69) is 151 Å². The zero-order valence-electron chi connectivity index (χ0n) is 27.5. The van der Waals surface area contributed by atoms with Crippen LogP contribution in [0.5, 0.6) is 0 Å². The van der Waals surface area contributed by atoms with E-state index >= 15 is 0 Å². The molecule has 1 aliphatic heterocycles. The number of furan rings is 1. The van der Waals surface area contributed by atoms with Crippen LogP contribution in [0.3, 0.4) is 0 Å². The van der Waals surface area contributed by atoms with E-state index in [0.29, 0.717) is 0 Å². The van der Waals surface area contributed by atoms with Gasteiger partial charge in [0.15, 0.2) is 6.17 Å². The first kappa shape index (κ1) is 28.1. The maximum atomic E-state index is 6.84. The number of rotatable bonds is 4. The van der Waals surface area contributed by atoms with E-state index in [4.69, 9.17) is 14.4 Å². The van der Waals surface area contributed by atoms with Crippen LogP contribution >= 0.6 is 0 Å².